The van der Waals surface area contributed by atoms with Gasteiger partial charge in [0.1, 0.15) is 6.33 Å². The largest absolute Gasteiger partial charge is 0.453 e. The number of halogens is 4. The van der Waals surface area contributed by atoms with E-state index < -0.39 is 21.1 Å². The first-order valence-corrected chi connectivity index (χ1v) is 10.1. The van der Waals surface area contributed by atoms with Crippen LogP contribution in [0.4, 0.5) is 13.2 Å². The van der Waals surface area contributed by atoms with Crippen molar-refractivity contribution in [3.63, 3.8) is 0 Å². The van der Waals surface area contributed by atoms with Crippen LogP contribution in [0.2, 0.25) is 0 Å². The van der Waals surface area contributed by atoms with Gasteiger partial charge in [-0.3, -0.25) is 0 Å². The van der Waals surface area contributed by atoms with Crippen LogP contribution in [0, 0.1) is 0 Å². The van der Waals surface area contributed by atoms with Gasteiger partial charge in [-0.05, 0) is 54.7 Å². The van der Waals surface area contributed by atoms with Crippen molar-refractivity contribution in [2.45, 2.75) is 48.6 Å². The first-order valence-electron chi connectivity index (χ1n) is 7.76. The van der Waals surface area contributed by atoms with Crippen molar-refractivity contribution >= 4 is 19.7 Å². The van der Waals surface area contributed by atoms with E-state index in [4.69, 9.17) is 10.7 Å². The summed E-state index contributed by atoms with van der Waals surface area (Å²) in [6.07, 6.45) is -0.142. The summed E-state index contributed by atoms with van der Waals surface area (Å²) in [5.74, 6) is -0.939. The zero-order valence-electron chi connectivity index (χ0n) is 12.8. The molecular weight excluding hydrogens is 379 g/mol. The molecule has 0 radical (unpaired) electrons. The quantitative estimate of drug-likeness (QED) is 0.740. The van der Waals surface area contributed by atoms with E-state index in [9.17, 15) is 21.6 Å². The van der Waals surface area contributed by atoms with Crippen molar-refractivity contribution in [3.05, 3.63) is 35.4 Å². The van der Waals surface area contributed by atoms with Crippen molar-refractivity contribution in [3.8, 4) is 5.69 Å². The summed E-state index contributed by atoms with van der Waals surface area (Å²) in [4.78, 5) is 3.24. The summed E-state index contributed by atoms with van der Waals surface area (Å²) in [6, 6.07) is 3.10. The first kappa shape index (κ1) is 16.8. The Morgan fingerprint density at radius 2 is 1.68 bits per heavy atom. The van der Waals surface area contributed by atoms with Gasteiger partial charge in [-0.2, -0.15) is 13.2 Å². The molecule has 2 aromatic rings. The topological polar surface area (TPSA) is 64.8 Å². The van der Waals surface area contributed by atoms with Crippen LogP contribution >= 0.6 is 10.7 Å². The third-order valence-corrected chi connectivity index (χ3v) is 5.83. The number of aromatic nitrogens is 3. The summed E-state index contributed by atoms with van der Waals surface area (Å²) in [5.41, 5.74) is 1.73. The molecule has 1 aromatic carbocycles. The second-order valence-corrected chi connectivity index (χ2v) is 8.98. The number of hydrogen-bond acceptors (Lipinski definition) is 4. The average molecular weight is 392 g/mol. The van der Waals surface area contributed by atoms with Gasteiger partial charge in [0.15, 0.2) is 0 Å². The number of nitrogens with zero attached hydrogens (tertiary/aromatic N) is 3. The van der Waals surface area contributed by atoms with Gasteiger partial charge in [0.2, 0.25) is 0 Å². The van der Waals surface area contributed by atoms with E-state index in [2.05, 4.69) is 10.1 Å². The lowest BCUT2D eigenvalue weighted by molar-refractivity contribution is -0.144. The van der Waals surface area contributed by atoms with Crippen molar-refractivity contribution in [2.75, 3.05) is 0 Å². The molecule has 0 spiro atoms. The van der Waals surface area contributed by atoms with E-state index in [1.807, 2.05) is 0 Å². The van der Waals surface area contributed by atoms with E-state index >= 15 is 0 Å². The van der Waals surface area contributed by atoms with Gasteiger partial charge < -0.3 is 0 Å². The minimum atomic E-state index is -4.67. The molecule has 2 aliphatic carbocycles. The van der Waals surface area contributed by atoms with Crippen LogP contribution in [0.15, 0.2) is 23.4 Å². The fraction of sp³-hybridized carbons (Fsp3) is 0.467. The van der Waals surface area contributed by atoms with E-state index in [0.717, 1.165) is 42.3 Å². The van der Waals surface area contributed by atoms with Crippen LogP contribution in [0.25, 0.3) is 5.69 Å². The van der Waals surface area contributed by atoms with Gasteiger partial charge in [0.05, 0.1) is 10.6 Å². The zero-order valence-corrected chi connectivity index (χ0v) is 14.4. The van der Waals surface area contributed by atoms with Gasteiger partial charge in [0.25, 0.3) is 14.9 Å². The summed E-state index contributed by atoms with van der Waals surface area (Å²) < 4.78 is 63.3. The molecule has 1 aromatic heterocycles. The Balaban J connectivity index is 1.90. The second kappa shape index (κ2) is 5.44. The fourth-order valence-electron chi connectivity index (χ4n) is 2.96. The summed E-state index contributed by atoms with van der Waals surface area (Å²) in [5, 5.41) is 3.48. The SMILES string of the molecule is O=S(=O)(Cl)c1cc(-n2cnc(C(F)(F)F)n2)c(C2CC2)cc1C1CC1. The predicted molar refractivity (Wildman–Crippen MR) is 83.3 cm³/mol. The molecule has 2 fully saturated rings. The Bertz CT molecular complexity index is 947. The molecule has 0 saturated heterocycles. The first-order chi connectivity index (χ1) is 11.6. The second-order valence-electron chi connectivity index (χ2n) is 6.45. The molecule has 0 N–H and O–H groups in total. The molecule has 134 valence electrons. The normalized spacial score (nSPS) is 18.6. The molecule has 0 atom stereocenters. The lowest BCUT2D eigenvalue weighted by Crippen LogP contribution is -2.10. The molecule has 2 aliphatic rings. The van der Waals surface area contributed by atoms with Gasteiger partial charge in [0, 0.05) is 10.7 Å². The third kappa shape index (κ3) is 3.27. The lowest BCUT2D eigenvalue weighted by Gasteiger charge is -2.14. The van der Waals surface area contributed by atoms with Gasteiger partial charge >= 0.3 is 6.18 Å². The van der Waals surface area contributed by atoms with E-state index in [1.54, 1.807) is 6.07 Å². The Kier molecular flexibility index (Phi) is 3.66. The maximum Gasteiger partial charge on any atom is 0.453 e. The highest BCUT2D eigenvalue weighted by molar-refractivity contribution is 8.13. The Morgan fingerprint density at radius 3 is 2.16 bits per heavy atom. The highest BCUT2D eigenvalue weighted by Gasteiger charge is 2.38. The summed E-state index contributed by atoms with van der Waals surface area (Å²) >= 11 is 0. The molecule has 2 saturated carbocycles. The Hall–Kier alpha value is -1.61. The van der Waals surface area contributed by atoms with Crippen molar-refractivity contribution in [1.29, 1.82) is 0 Å². The number of hydrogen-bond donors (Lipinski definition) is 0. The van der Waals surface area contributed by atoms with Crippen molar-refractivity contribution in [2.24, 2.45) is 0 Å². The zero-order chi connectivity index (χ0) is 18.0. The van der Waals surface area contributed by atoms with Crippen LogP contribution < -0.4 is 0 Å². The third-order valence-electron chi connectivity index (χ3n) is 4.45. The number of alkyl halides is 3. The molecule has 1 heterocycles. The standard InChI is InChI=1S/C15H13ClF3N3O2S/c16-25(23,24)13-6-12(22-7-20-14(21-22)15(17,18)19)10(8-1-2-8)5-11(13)9-3-4-9/h5-9H,1-4H2. The summed E-state index contributed by atoms with van der Waals surface area (Å²) in [7, 11) is 1.54. The smallest absolute Gasteiger partial charge is 0.220 e. The molecule has 0 amide bonds. The highest BCUT2D eigenvalue weighted by Crippen LogP contribution is 2.49. The monoisotopic (exact) mass is 391 g/mol. The lowest BCUT2D eigenvalue weighted by atomic mass is 10.0. The maximum atomic E-state index is 12.8. The van der Waals surface area contributed by atoms with E-state index in [-0.39, 0.29) is 22.4 Å². The molecule has 25 heavy (non-hydrogen) atoms. The van der Waals surface area contributed by atoms with Crippen LogP contribution in [-0.4, -0.2) is 23.2 Å². The Morgan fingerprint density at radius 1 is 1.08 bits per heavy atom. The van der Waals surface area contributed by atoms with Crippen LogP contribution in [0.5, 0.6) is 0 Å². The molecule has 0 bridgehead atoms. The number of benzene rings is 1. The highest BCUT2D eigenvalue weighted by atomic mass is 35.7. The molecular formula is C15H13ClF3N3O2S. The van der Waals surface area contributed by atoms with Crippen LogP contribution in [0.3, 0.4) is 0 Å². The van der Waals surface area contributed by atoms with Gasteiger partial charge in [-0.25, -0.2) is 18.1 Å². The van der Waals surface area contributed by atoms with Crippen LogP contribution in [-0.2, 0) is 15.2 Å². The molecule has 5 nitrogen and oxygen atoms in total. The summed E-state index contributed by atoms with van der Waals surface area (Å²) in [6.45, 7) is 0. The molecule has 10 heteroatoms. The molecule has 0 aliphatic heterocycles. The van der Waals surface area contributed by atoms with Crippen molar-refractivity contribution in [1.82, 2.24) is 14.8 Å². The minimum Gasteiger partial charge on any atom is -0.220 e. The van der Waals surface area contributed by atoms with Gasteiger partial charge in [-0.15, -0.1) is 5.10 Å². The van der Waals surface area contributed by atoms with E-state index in [0.29, 0.717) is 5.56 Å². The fourth-order valence-corrected chi connectivity index (χ4v) is 4.12. The van der Waals surface area contributed by atoms with Gasteiger partial charge in [-0.1, -0.05) is 6.07 Å². The number of rotatable bonds is 4. The predicted octanol–water partition coefficient (Wildman–Crippen LogP) is 3.97. The van der Waals surface area contributed by atoms with E-state index in [1.165, 1.54) is 6.07 Å². The average Bonchev–Trinajstić information content (AvgIpc) is 3.42. The van der Waals surface area contributed by atoms with Crippen molar-refractivity contribution < 1.29 is 21.6 Å². The van der Waals surface area contributed by atoms with Crippen LogP contribution in [0.1, 0.15) is 54.5 Å². The molecule has 0 unspecified atom stereocenters. The minimum absolute atomic E-state index is 0.0554. The molecule has 4 rings (SSSR count). The maximum absolute atomic E-state index is 12.8. The Labute approximate surface area is 146 Å².